The molecule has 2 heterocycles. The van der Waals surface area contributed by atoms with E-state index in [2.05, 4.69) is 27.9 Å². The van der Waals surface area contributed by atoms with Crippen molar-refractivity contribution in [3.63, 3.8) is 0 Å². The van der Waals surface area contributed by atoms with Gasteiger partial charge in [-0.25, -0.2) is 4.79 Å². The van der Waals surface area contributed by atoms with Crippen LogP contribution in [0.3, 0.4) is 0 Å². The predicted octanol–water partition coefficient (Wildman–Crippen LogP) is 3.30. The lowest BCUT2D eigenvalue weighted by molar-refractivity contribution is -0.189. The zero-order valence-electron chi connectivity index (χ0n) is 26.8. The lowest BCUT2D eigenvalue weighted by atomic mass is 9.92. The number of amides is 3. The first kappa shape index (κ1) is 41.5. The van der Waals surface area contributed by atoms with E-state index in [0.717, 1.165) is 42.6 Å². The lowest BCUT2D eigenvalue weighted by Crippen LogP contribution is -2.58. The van der Waals surface area contributed by atoms with Crippen LogP contribution in [0.2, 0.25) is 0 Å². The van der Waals surface area contributed by atoms with Gasteiger partial charge in [0.2, 0.25) is 11.6 Å². The molecule has 1 fully saturated rings. The summed E-state index contributed by atoms with van der Waals surface area (Å²) in [4.78, 5) is 36.2. The molecule has 44 heavy (non-hydrogen) atoms. The molecule has 1 aromatic rings. The minimum Gasteiger partial charge on any atom is -0.374 e. The Morgan fingerprint density at radius 1 is 1.18 bits per heavy atom. The van der Waals surface area contributed by atoms with E-state index in [1.54, 1.807) is 7.05 Å². The number of hydrogen-bond acceptors (Lipinski definition) is 9. The predicted molar refractivity (Wildman–Crippen MR) is 169 cm³/mol. The molecule has 0 radical (unpaired) electrons. The van der Waals surface area contributed by atoms with Crippen LogP contribution >= 0.6 is 11.8 Å². The first-order valence-corrected chi connectivity index (χ1v) is 15.7. The van der Waals surface area contributed by atoms with E-state index >= 15 is 0 Å². The fourth-order valence-corrected chi connectivity index (χ4v) is 4.56. The summed E-state index contributed by atoms with van der Waals surface area (Å²) in [5.74, 6) is 2.24. The van der Waals surface area contributed by atoms with Crippen molar-refractivity contribution in [3.8, 4) is 0 Å². The molecule has 0 saturated carbocycles. The normalized spacial score (nSPS) is 15.3. The van der Waals surface area contributed by atoms with Crippen molar-refractivity contribution in [1.82, 2.24) is 20.9 Å². The number of halogens is 3. The van der Waals surface area contributed by atoms with Crippen molar-refractivity contribution < 1.29 is 32.3 Å². The van der Waals surface area contributed by atoms with Gasteiger partial charge in [-0.3, -0.25) is 9.78 Å². The topological polar surface area (TPSA) is 187 Å². The Hall–Kier alpha value is -2.46. The second kappa shape index (κ2) is 19.8. The molecule has 2 rings (SSSR count). The number of carbonyl (C=O) groups is 3. The van der Waals surface area contributed by atoms with Gasteiger partial charge in [0.15, 0.2) is 0 Å². The average molecular weight is 652 g/mol. The van der Waals surface area contributed by atoms with Crippen LogP contribution in [-0.2, 0) is 26.5 Å². The van der Waals surface area contributed by atoms with Crippen molar-refractivity contribution in [2.24, 2.45) is 22.6 Å². The fraction of sp³-hybridized carbons (Fsp3) is 0.724. The summed E-state index contributed by atoms with van der Waals surface area (Å²) in [5, 5.41) is 8.39. The van der Waals surface area contributed by atoms with E-state index in [-0.39, 0.29) is 11.3 Å². The Kier molecular flexibility index (Phi) is 18.7. The standard InChI is InChI=1S/C15H29NO3.C9H13F3N4.C5H10N2OS/c1-6-7-8-13(18)16-11-15(4,5)19-10-9-14(2,3)12-17;1-15-4-6-2-3-7(16-5-6)8(13,14)9(10,11)12;6-5(8)7-4-1-2-9-3-4/h12H,6-11H2,1-5H3,(H,16,18);2-3,5,15H,4,13-14H2,1H3;4H,1-3H2,(H3,6,7,8). The highest BCUT2D eigenvalue weighted by Gasteiger charge is 2.51. The Labute approximate surface area is 263 Å². The van der Waals surface area contributed by atoms with Gasteiger partial charge in [-0.05, 0) is 57.5 Å². The van der Waals surface area contributed by atoms with Crippen molar-refractivity contribution in [2.45, 2.75) is 96.7 Å². The summed E-state index contributed by atoms with van der Waals surface area (Å²) in [7, 11) is 1.72. The van der Waals surface area contributed by atoms with Crippen LogP contribution in [0.4, 0.5) is 18.0 Å². The van der Waals surface area contributed by atoms with Crippen LogP contribution in [0.15, 0.2) is 18.3 Å². The van der Waals surface area contributed by atoms with Gasteiger partial charge in [-0.2, -0.15) is 24.9 Å². The van der Waals surface area contributed by atoms with Gasteiger partial charge < -0.3 is 42.7 Å². The second-order valence-corrected chi connectivity index (χ2v) is 13.0. The van der Waals surface area contributed by atoms with E-state index in [1.807, 2.05) is 39.5 Å². The molecule has 11 nitrogen and oxygen atoms in total. The van der Waals surface area contributed by atoms with E-state index in [0.29, 0.717) is 38.6 Å². The fourth-order valence-electron chi connectivity index (χ4n) is 3.41. The van der Waals surface area contributed by atoms with Crippen molar-refractivity contribution >= 4 is 30.0 Å². The lowest BCUT2D eigenvalue weighted by Gasteiger charge is -2.27. The van der Waals surface area contributed by atoms with Crippen LogP contribution in [0.25, 0.3) is 0 Å². The third-order valence-corrected chi connectivity index (χ3v) is 7.56. The second-order valence-electron chi connectivity index (χ2n) is 11.9. The summed E-state index contributed by atoms with van der Waals surface area (Å²) in [6, 6.07) is 2.61. The van der Waals surface area contributed by atoms with Gasteiger partial charge in [0.05, 0.1) is 11.3 Å². The van der Waals surface area contributed by atoms with Crippen LogP contribution in [0.5, 0.6) is 0 Å². The third-order valence-electron chi connectivity index (χ3n) is 6.40. The van der Waals surface area contributed by atoms with Gasteiger partial charge in [0.1, 0.15) is 6.29 Å². The molecular weight excluding hydrogens is 599 g/mol. The monoisotopic (exact) mass is 651 g/mol. The molecule has 254 valence electrons. The maximum atomic E-state index is 12.5. The smallest absolute Gasteiger partial charge is 0.374 e. The number of unbranched alkanes of at least 4 members (excludes halogenated alkanes) is 1. The number of rotatable bonds is 14. The molecule has 1 aromatic heterocycles. The molecule has 0 spiro atoms. The zero-order chi connectivity index (χ0) is 34.0. The molecule has 1 aliphatic heterocycles. The first-order chi connectivity index (χ1) is 20.3. The molecule has 1 atom stereocenters. The van der Waals surface area contributed by atoms with Crippen LogP contribution < -0.4 is 33.2 Å². The van der Waals surface area contributed by atoms with E-state index in [4.69, 9.17) is 21.9 Å². The molecule has 0 aromatic carbocycles. The number of ether oxygens (including phenoxy) is 1. The number of nitrogens with two attached hydrogens (primary N) is 3. The summed E-state index contributed by atoms with van der Waals surface area (Å²) >= 11 is 1.85. The summed E-state index contributed by atoms with van der Waals surface area (Å²) in [6.45, 7) is 11.3. The van der Waals surface area contributed by atoms with Gasteiger partial charge >= 0.3 is 12.2 Å². The number of aromatic nitrogens is 1. The minimum absolute atomic E-state index is 0.0757. The Morgan fingerprint density at radius 3 is 2.30 bits per heavy atom. The van der Waals surface area contributed by atoms with Gasteiger partial charge in [-0.15, -0.1) is 0 Å². The number of nitrogens with zero attached hydrogens (tertiary/aromatic N) is 1. The van der Waals surface area contributed by atoms with Crippen LogP contribution in [0.1, 0.15) is 78.0 Å². The van der Waals surface area contributed by atoms with Crippen molar-refractivity contribution in [2.75, 3.05) is 31.7 Å². The summed E-state index contributed by atoms with van der Waals surface area (Å²) in [6.07, 6.45) is 1.79. The Morgan fingerprint density at radius 2 is 1.84 bits per heavy atom. The number of urea groups is 1. The maximum absolute atomic E-state index is 12.5. The molecule has 1 saturated heterocycles. The number of hydrogen-bond donors (Lipinski definition) is 6. The highest BCUT2D eigenvalue weighted by molar-refractivity contribution is 7.99. The number of primary amides is 1. The minimum atomic E-state index is -4.73. The maximum Gasteiger partial charge on any atom is 0.425 e. The van der Waals surface area contributed by atoms with Crippen LogP contribution in [0, 0.1) is 5.41 Å². The number of carbonyl (C=O) groups excluding carboxylic acids is 3. The third kappa shape index (κ3) is 17.7. The number of aldehydes is 1. The number of pyridine rings is 1. The molecule has 1 aliphatic rings. The quantitative estimate of drug-likeness (QED) is 0.130. The Balaban J connectivity index is 0.000000666. The van der Waals surface area contributed by atoms with Crippen LogP contribution in [-0.4, -0.2) is 72.7 Å². The molecular formula is C29H52F3N7O4S. The van der Waals surface area contributed by atoms with Crippen molar-refractivity contribution in [3.05, 3.63) is 29.6 Å². The highest BCUT2D eigenvalue weighted by Crippen LogP contribution is 2.31. The largest absolute Gasteiger partial charge is 0.425 e. The van der Waals surface area contributed by atoms with Crippen molar-refractivity contribution in [1.29, 1.82) is 0 Å². The molecule has 1 unspecified atom stereocenters. The highest BCUT2D eigenvalue weighted by atomic mass is 32.2. The molecule has 0 bridgehead atoms. The average Bonchev–Trinajstić information content (AvgIpc) is 3.43. The molecule has 9 N–H and O–H groups in total. The molecule has 15 heteroatoms. The number of alkyl halides is 3. The first-order valence-electron chi connectivity index (χ1n) is 14.6. The zero-order valence-corrected chi connectivity index (χ0v) is 27.6. The number of nitrogens with one attached hydrogen (secondary N) is 3. The summed E-state index contributed by atoms with van der Waals surface area (Å²) in [5.41, 5.74) is 11.6. The van der Waals surface area contributed by atoms with E-state index < -0.39 is 29.2 Å². The van der Waals surface area contributed by atoms with Gasteiger partial charge in [0, 0.05) is 49.5 Å². The van der Waals surface area contributed by atoms with E-state index in [9.17, 15) is 27.6 Å². The van der Waals surface area contributed by atoms with Gasteiger partial charge in [0.25, 0.3) is 0 Å². The van der Waals surface area contributed by atoms with E-state index in [1.165, 1.54) is 18.3 Å². The molecule has 0 aliphatic carbocycles. The molecule has 3 amide bonds. The van der Waals surface area contributed by atoms with Gasteiger partial charge in [-0.1, -0.05) is 33.3 Å². The number of thioether (sulfide) groups is 1. The Bertz CT molecular complexity index is 988. The summed E-state index contributed by atoms with van der Waals surface area (Å²) < 4.78 is 43.1. The SMILES string of the molecule is CCCCC(=O)NCC(C)(C)OCCC(C)(C)C=O.CNCc1ccc(C(N)(N)C(F)(F)F)nc1.NC(=O)NC1CCSC1.